The molecule has 150 valence electrons. The smallest absolute Gasteiger partial charge is 0.305 e. The van der Waals surface area contributed by atoms with Crippen molar-refractivity contribution in [3.63, 3.8) is 0 Å². The van der Waals surface area contributed by atoms with E-state index >= 15 is 0 Å². The van der Waals surface area contributed by atoms with Crippen LogP contribution >= 0.6 is 0 Å². The van der Waals surface area contributed by atoms with Crippen LogP contribution in [0.25, 0.3) is 0 Å². The molecule has 0 aromatic heterocycles. The van der Waals surface area contributed by atoms with Crippen molar-refractivity contribution in [1.29, 1.82) is 0 Å². The number of benzene rings is 2. The topological polar surface area (TPSA) is 75.6 Å². The fourth-order valence-electron chi connectivity index (χ4n) is 2.88. The van der Waals surface area contributed by atoms with E-state index in [-0.39, 0.29) is 24.3 Å². The Morgan fingerprint density at radius 1 is 1.07 bits per heavy atom. The molecule has 0 aliphatic rings. The molecule has 2 aromatic carbocycles. The van der Waals surface area contributed by atoms with Gasteiger partial charge in [-0.2, -0.15) is 0 Å². The first-order valence-electron chi connectivity index (χ1n) is 9.38. The number of carbonyl (C=O) groups excluding carboxylic acids is 1. The lowest BCUT2D eigenvalue weighted by molar-refractivity contribution is -0.137. The van der Waals surface area contributed by atoms with Gasteiger partial charge in [-0.05, 0) is 47.6 Å². The summed E-state index contributed by atoms with van der Waals surface area (Å²) in [5.74, 6) is -0.674. The highest BCUT2D eigenvalue weighted by atomic mass is 16.5. The third-order valence-electron chi connectivity index (χ3n) is 4.60. The van der Waals surface area contributed by atoms with E-state index in [1.54, 1.807) is 0 Å². The molecule has 1 amide bonds. The second-order valence-corrected chi connectivity index (χ2v) is 8.15. The van der Waals surface area contributed by atoms with Crippen LogP contribution in [0.3, 0.4) is 0 Å². The minimum Gasteiger partial charge on any atom is -0.483 e. The van der Waals surface area contributed by atoms with Gasteiger partial charge in [0.2, 0.25) is 0 Å². The van der Waals surface area contributed by atoms with Crippen LogP contribution in [0.15, 0.2) is 42.5 Å². The summed E-state index contributed by atoms with van der Waals surface area (Å²) in [6.45, 7) is 10.0. The van der Waals surface area contributed by atoms with Gasteiger partial charge in [0.05, 0.1) is 12.5 Å². The van der Waals surface area contributed by atoms with Gasteiger partial charge in [0.1, 0.15) is 5.75 Å². The molecule has 2 N–H and O–H groups in total. The molecule has 0 unspecified atom stereocenters. The van der Waals surface area contributed by atoms with E-state index < -0.39 is 12.0 Å². The summed E-state index contributed by atoms with van der Waals surface area (Å²) in [7, 11) is 0. The molecule has 0 aliphatic heterocycles. The molecule has 0 spiro atoms. The number of ether oxygens (including phenoxy) is 1. The first kappa shape index (κ1) is 21.5. The van der Waals surface area contributed by atoms with E-state index in [2.05, 4.69) is 26.1 Å². The molecule has 0 fully saturated rings. The van der Waals surface area contributed by atoms with Gasteiger partial charge in [0.15, 0.2) is 6.61 Å². The van der Waals surface area contributed by atoms with Crippen LogP contribution in [0.4, 0.5) is 0 Å². The molecule has 5 heteroatoms. The molecule has 28 heavy (non-hydrogen) atoms. The Morgan fingerprint density at radius 3 is 2.29 bits per heavy atom. The van der Waals surface area contributed by atoms with Crippen molar-refractivity contribution >= 4 is 11.9 Å². The van der Waals surface area contributed by atoms with Gasteiger partial charge in [0, 0.05) is 0 Å². The van der Waals surface area contributed by atoms with Gasteiger partial charge < -0.3 is 15.2 Å². The van der Waals surface area contributed by atoms with Gasteiger partial charge in [-0.1, -0.05) is 57.2 Å². The maximum atomic E-state index is 12.4. The monoisotopic (exact) mass is 383 g/mol. The van der Waals surface area contributed by atoms with Gasteiger partial charge >= 0.3 is 5.97 Å². The number of hydrogen-bond donors (Lipinski definition) is 2. The number of nitrogens with one attached hydrogen (secondary N) is 1. The Balaban J connectivity index is 2.07. The second-order valence-electron chi connectivity index (χ2n) is 8.15. The molecule has 0 saturated carbocycles. The SMILES string of the molecule is Cc1ccc(C)c(OCC(=O)N[C@@H](CC(=O)O)c2ccc(C(C)(C)C)cc2)c1. The van der Waals surface area contributed by atoms with Crippen LogP contribution < -0.4 is 10.1 Å². The van der Waals surface area contributed by atoms with E-state index in [0.29, 0.717) is 5.75 Å². The number of aliphatic carboxylic acids is 1. The first-order valence-corrected chi connectivity index (χ1v) is 9.38. The lowest BCUT2D eigenvalue weighted by Crippen LogP contribution is -2.34. The Morgan fingerprint density at radius 2 is 1.71 bits per heavy atom. The zero-order valence-electron chi connectivity index (χ0n) is 17.2. The Bertz CT molecular complexity index is 835. The summed E-state index contributed by atoms with van der Waals surface area (Å²) in [4.78, 5) is 23.6. The summed E-state index contributed by atoms with van der Waals surface area (Å²) in [5, 5.41) is 12.0. The van der Waals surface area contributed by atoms with Crippen molar-refractivity contribution in [2.24, 2.45) is 0 Å². The van der Waals surface area contributed by atoms with Crippen molar-refractivity contribution < 1.29 is 19.4 Å². The molecule has 0 bridgehead atoms. The lowest BCUT2D eigenvalue weighted by Gasteiger charge is -2.22. The van der Waals surface area contributed by atoms with Gasteiger partial charge in [-0.25, -0.2) is 0 Å². The highest BCUT2D eigenvalue weighted by Gasteiger charge is 2.20. The average Bonchev–Trinajstić information content (AvgIpc) is 2.61. The van der Waals surface area contributed by atoms with Crippen LogP contribution in [-0.4, -0.2) is 23.6 Å². The maximum absolute atomic E-state index is 12.4. The molecule has 2 rings (SSSR count). The van der Waals surface area contributed by atoms with Crippen LogP contribution in [0, 0.1) is 13.8 Å². The van der Waals surface area contributed by atoms with Gasteiger partial charge in [-0.15, -0.1) is 0 Å². The standard InChI is InChI=1S/C23H29NO4/c1-15-6-7-16(2)20(12-15)28-14-21(25)24-19(13-22(26)27)17-8-10-18(11-9-17)23(3,4)5/h6-12,19H,13-14H2,1-5H3,(H,24,25)(H,26,27)/t19-/m0/s1. The molecule has 0 saturated heterocycles. The quantitative estimate of drug-likeness (QED) is 0.747. The van der Waals surface area contributed by atoms with Crippen molar-refractivity contribution in [3.05, 3.63) is 64.7 Å². The zero-order valence-corrected chi connectivity index (χ0v) is 17.2. The number of carboxylic acids is 1. The maximum Gasteiger partial charge on any atom is 0.305 e. The fourth-order valence-corrected chi connectivity index (χ4v) is 2.88. The Hall–Kier alpha value is -2.82. The Labute approximate surface area is 166 Å². The number of amides is 1. The van der Waals surface area contributed by atoms with Crippen LogP contribution in [0.2, 0.25) is 0 Å². The highest BCUT2D eigenvalue weighted by Crippen LogP contribution is 2.25. The number of carboxylic acid groups (broad SMARTS) is 1. The van der Waals surface area contributed by atoms with Crippen molar-refractivity contribution in [2.45, 2.75) is 52.5 Å². The van der Waals surface area contributed by atoms with Gasteiger partial charge in [0.25, 0.3) is 5.91 Å². The van der Waals surface area contributed by atoms with E-state index in [0.717, 1.165) is 22.3 Å². The number of carbonyl (C=O) groups is 2. The summed E-state index contributed by atoms with van der Waals surface area (Å²) in [6.07, 6.45) is -0.190. The molecule has 1 atom stereocenters. The fraction of sp³-hybridized carbons (Fsp3) is 0.391. The van der Waals surface area contributed by atoms with Crippen LogP contribution in [0.1, 0.15) is 55.5 Å². The number of aryl methyl sites for hydroxylation is 2. The van der Waals surface area contributed by atoms with E-state index in [4.69, 9.17) is 4.74 Å². The van der Waals surface area contributed by atoms with E-state index in [1.165, 1.54) is 0 Å². The summed E-state index contributed by atoms with van der Waals surface area (Å²) < 4.78 is 5.63. The first-order chi connectivity index (χ1) is 13.1. The predicted octanol–water partition coefficient (Wildman–Crippen LogP) is 4.31. The molecule has 0 heterocycles. The molecular weight excluding hydrogens is 354 g/mol. The molecule has 0 radical (unpaired) electrons. The molecule has 2 aromatic rings. The minimum absolute atomic E-state index is 0.00356. The lowest BCUT2D eigenvalue weighted by atomic mass is 9.86. The zero-order chi connectivity index (χ0) is 20.9. The third kappa shape index (κ3) is 6.12. The van der Waals surface area contributed by atoms with Crippen LogP contribution in [-0.2, 0) is 15.0 Å². The highest BCUT2D eigenvalue weighted by molar-refractivity contribution is 5.79. The average molecular weight is 383 g/mol. The van der Waals surface area contributed by atoms with Crippen molar-refractivity contribution in [3.8, 4) is 5.75 Å². The second kappa shape index (κ2) is 8.91. The predicted molar refractivity (Wildman–Crippen MR) is 110 cm³/mol. The normalized spacial score (nSPS) is 12.3. The van der Waals surface area contributed by atoms with Gasteiger partial charge in [-0.3, -0.25) is 9.59 Å². The Kier molecular flexibility index (Phi) is 6.84. The minimum atomic E-state index is -0.972. The van der Waals surface area contributed by atoms with E-state index in [9.17, 15) is 14.7 Å². The third-order valence-corrected chi connectivity index (χ3v) is 4.60. The number of hydrogen-bond acceptors (Lipinski definition) is 3. The van der Waals surface area contributed by atoms with Crippen molar-refractivity contribution in [1.82, 2.24) is 5.32 Å². The number of rotatable bonds is 7. The molecular formula is C23H29NO4. The van der Waals surface area contributed by atoms with Crippen molar-refractivity contribution in [2.75, 3.05) is 6.61 Å². The summed E-state index contributed by atoms with van der Waals surface area (Å²) >= 11 is 0. The molecule has 0 aliphatic carbocycles. The van der Waals surface area contributed by atoms with Crippen LogP contribution in [0.5, 0.6) is 5.75 Å². The van der Waals surface area contributed by atoms with E-state index in [1.807, 2.05) is 56.3 Å². The summed E-state index contributed by atoms with van der Waals surface area (Å²) in [5.41, 5.74) is 3.90. The largest absolute Gasteiger partial charge is 0.483 e. The summed E-state index contributed by atoms with van der Waals surface area (Å²) in [6, 6.07) is 12.9. The molecule has 5 nitrogen and oxygen atoms in total.